The molecule has 6 heteroatoms. The highest BCUT2D eigenvalue weighted by atomic mass is 127. The lowest BCUT2D eigenvalue weighted by molar-refractivity contribution is 0.102. The molecule has 0 spiro atoms. The molecule has 0 atom stereocenters. The maximum absolute atomic E-state index is 12.5. The second-order valence-electron chi connectivity index (χ2n) is 4.38. The number of amides is 1. The van der Waals surface area contributed by atoms with Gasteiger partial charge in [0.15, 0.2) is 0 Å². The highest BCUT2D eigenvalue weighted by Gasteiger charge is 2.15. The maximum atomic E-state index is 12.5. The smallest absolute Gasteiger partial charge is 0.256 e. The van der Waals surface area contributed by atoms with E-state index < -0.39 is 0 Å². The highest BCUT2D eigenvalue weighted by Crippen LogP contribution is 2.33. The van der Waals surface area contributed by atoms with Crippen molar-refractivity contribution < 1.29 is 9.53 Å². The lowest BCUT2D eigenvalue weighted by Gasteiger charge is -2.14. The minimum Gasteiger partial charge on any atom is -0.495 e. The van der Waals surface area contributed by atoms with Gasteiger partial charge in [0.25, 0.3) is 5.91 Å². The third kappa shape index (κ3) is 3.98. The molecule has 0 fully saturated rings. The fourth-order valence-corrected chi connectivity index (χ4v) is 3.36. The van der Waals surface area contributed by atoms with Crippen LogP contribution in [0, 0.1) is 10.5 Å². The standard InChI is InChI=1S/C15H12Br2INO2/c1-8-5-9(16)6-13(21-2)14(8)19-15(20)11-7-10(18)3-4-12(11)17/h3-7H,1-2H3,(H,19,20). The van der Waals surface area contributed by atoms with Crippen LogP contribution in [-0.2, 0) is 0 Å². The van der Waals surface area contributed by atoms with Crippen LogP contribution in [-0.4, -0.2) is 13.0 Å². The highest BCUT2D eigenvalue weighted by molar-refractivity contribution is 14.1. The Morgan fingerprint density at radius 1 is 1.24 bits per heavy atom. The van der Waals surface area contributed by atoms with E-state index in [1.54, 1.807) is 7.11 Å². The Kier molecular flexibility index (Phi) is 5.67. The zero-order chi connectivity index (χ0) is 15.6. The van der Waals surface area contributed by atoms with Crippen molar-refractivity contribution in [1.29, 1.82) is 0 Å². The minimum absolute atomic E-state index is 0.177. The number of rotatable bonds is 3. The van der Waals surface area contributed by atoms with Gasteiger partial charge < -0.3 is 10.1 Å². The first-order valence-corrected chi connectivity index (χ1v) is 8.69. The first kappa shape index (κ1) is 16.8. The van der Waals surface area contributed by atoms with Crippen LogP contribution in [0.5, 0.6) is 5.75 Å². The number of methoxy groups -OCH3 is 1. The van der Waals surface area contributed by atoms with Crippen LogP contribution in [0.4, 0.5) is 5.69 Å². The van der Waals surface area contributed by atoms with Crippen molar-refractivity contribution in [2.45, 2.75) is 6.92 Å². The van der Waals surface area contributed by atoms with Gasteiger partial charge >= 0.3 is 0 Å². The molecule has 3 nitrogen and oxygen atoms in total. The van der Waals surface area contributed by atoms with E-state index in [9.17, 15) is 4.79 Å². The Morgan fingerprint density at radius 3 is 2.62 bits per heavy atom. The van der Waals surface area contributed by atoms with Crippen molar-refractivity contribution in [2.24, 2.45) is 0 Å². The van der Waals surface area contributed by atoms with Crippen molar-refractivity contribution >= 4 is 66.0 Å². The number of benzene rings is 2. The predicted octanol–water partition coefficient (Wildman–Crippen LogP) is 5.39. The lowest BCUT2D eigenvalue weighted by Crippen LogP contribution is -2.14. The third-order valence-corrected chi connectivity index (χ3v) is 4.72. The molecule has 0 aliphatic rings. The van der Waals surface area contributed by atoms with E-state index in [0.29, 0.717) is 17.0 Å². The van der Waals surface area contributed by atoms with Crippen molar-refractivity contribution in [1.82, 2.24) is 0 Å². The summed E-state index contributed by atoms with van der Waals surface area (Å²) in [5.41, 5.74) is 2.19. The van der Waals surface area contributed by atoms with Gasteiger partial charge in [-0.3, -0.25) is 4.79 Å². The van der Waals surface area contributed by atoms with Crippen LogP contribution in [0.25, 0.3) is 0 Å². The van der Waals surface area contributed by atoms with Gasteiger partial charge in [-0.15, -0.1) is 0 Å². The summed E-state index contributed by atoms with van der Waals surface area (Å²) >= 11 is 9.01. The Hall–Kier alpha value is -0.600. The average molecular weight is 525 g/mol. The molecule has 0 saturated carbocycles. The molecule has 0 unspecified atom stereocenters. The molecule has 2 aromatic rings. The molecular formula is C15H12Br2INO2. The van der Waals surface area contributed by atoms with Gasteiger partial charge in [-0.2, -0.15) is 0 Å². The summed E-state index contributed by atoms with van der Waals surface area (Å²) in [5, 5.41) is 2.92. The zero-order valence-corrected chi connectivity index (χ0v) is 16.7. The summed E-state index contributed by atoms with van der Waals surface area (Å²) in [6, 6.07) is 9.39. The van der Waals surface area contributed by atoms with Crippen molar-refractivity contribution in [3.63, 3.8) is 0 Å². The van der Waals surface area contributed by atoms with E-state index >= 15 is 0 Å². The number of halogens is 3. The quantitative estimate of drug-likeness (QED) is 0.547. The van der Waals surface area contributed by atoms with E-state index in [0.717, 1.165) is 18.1 Å². The molecule has 2 rings (SSSR count). The normalized spacial score (nSPS) is 10.3. The molecular weight excluding hydrogens is 513 g/mol. The zero-order valence-electron chi connectivity index (χ0n) is 11.3. The maximum Gasteiger partial charge on any atom is 0.256 e. The van der Waals surface area contributed by atoms with E-state index in [1.165, 1.54) is 0 Å². The van der Waals surface area contributed by atoms with E-state index in [1.807, 2.05) is 37.3 Å². The largest absolute Gasteiger partial charge is 0.495 e. The van der Waals surface area contributed by atoms with Gasteiger partial charge in [0.05, 0.1) is 18.4 Å². The first-order valence-electron chi connectivity index (χ1n) is 6.03. The van der Waals surface area contributed by atoms with Crippen LogP contribution in [0.15, 0.2) is 39.3 Å². The summed E-state index contributed by atoms with van der Waals surface area (Å²) in [4.78, 5) is 12.5. The second-order valence-corrected chi connectivity index (χ2v) is 7.39. The van der Waals surface area contributed by atoms with Crippen LogP contribution in [0.2, 0.25) is 0 Å². The van der Waals surface area contributed by atoms with Gasteiger partial charge in [0.1, 0.15) is 5.75 Å². The molecule has 0 heterocycles. The molecule has 0 saturated heterocycles. The van der Waals surface area contributed by atoms with Crippen molar-refractivity contribution in [2.75, 3.05) is 12.4 Å². The Labute approximate surface area is 153 Å². The lowest BCUT2D eigenvalue weighted by atomic mass is 10.1. The summed E-state index contributed by atoms with van der Waals surface area (Å²) in [5.74, 6) is 0.445. The molecule has 21 heavy (non-hydrogen) atoms. The van der Waals surface area contributed by atoms with Gasteiger partial charge in [0.2, 0.25) is 0 Å². The Bertz CT molecular complexity index is 704. The number of hydrogen-bond donors (Lipinski definition) is 1. The number of ether oxygens (including phenoxy) is 1. The second kappa shape index (κ2) is 7.11. The number of aryl methyl sites for hydroxylation is 1. The molecule has 0 bridgehead atoms. The first-order chi connectivity index (χ1) is 9.92. The molecule has 0 aromatic heterocycles. The Morgan fingerprint density at radius 2 is 1.95 bits per heavy atom. The van der Waals surface area contributed by atoms with Gasteiger partial charge in [-0.05, 0) is 81.3 Å². The number of nitrogens with one attached hydrogen (secondary N) is 1. The SMILES string of the molecule is COc1cc(Br)cc(C)c1NC(=O)c1cc(I)ccc1Br. The van der Waals surface area contributed by atoms with Crippen LogP contribution in [0.3, 0.4) is 0 Å². The van der Waals surface area contributed by atoms with E-state index in [-0.39, 0.29) is 5.91 Å². The summed E-state index contributed by atoms with van der Waals surface area (Å²) in [7, 11) is 1.58. The summed E-state index contributed by atoms with van der Waals surface area (Å²) < 4.78 is 8.01. The van der Waals surface area contributed by atoms with E-state index in [4.69, 9.17) is 4.74 Å². The molecule has 0 aliphatic carbocycles. The molecule has 0 aliphatic heterocycles. The average Bonchev–Trinajstić information content (AvgIpc) is 2.43. The van der Waals surface area contributed by atoms with Gasteiger partial charge in [0, 0.05) is 12.5 Å². The Balaban J connectivity index is 2.38. The predicted molar refractivity (Wildman–Crippen MR) is 100 cm³/mol. The molecule has 110 valence electrons. The van der Waals surface area contributed by atoms with Crippen molar-refractivity contribution in [3.8, 4) is 5.75 Å². The van der Waals surface area contributed by atoms with Crippen LogP contribution < -0.4 is 10.1 Å². The van der Waals surface area contributed by atoms with Gasteiger partial charge in [-0.25, -0.2) is 0 Å². The monoisotopic (exact) mass is 523 g/mol. The fraction of sp³-hybridized carbons (Fsp3) is 0.133. The number of anilines is 1. The summed E-state index contributed by atoms with van der Waals surface area (Å²) in [6.45, 7) is 1.92. The van der Waals surface area contributed by atoms with Crippen molar-refractivity contribution in [3.05, 3.63) is 54.0 Å². The third-order valence-electron chi connectivity index (χ3n) is 2.90. The van der Waals surface area contributed by atoms with E-state index in [2.05, 4.69) is 59.8 Å². The number of carbonyl (C=O) groups excluding carboxylic acids is 1. The van der Waals surface area contributed by atoms with Crippen LogP contribution in [0.1, 0.15) is 15.9 Å². The summed E-state index contributed by atoms with van der Waals surface area (Å²) in [6.07, 6.45) is 0. The van der Waals surface area contributed by atoms with Crippen LogP contribution >= 0.6 is 54.5 Å². The molecule has 2 aromatic carbocycles. The molecule has 0 radical (unpaired) electrons. The number of carbonyl (C=O) groups is 1. The van der Waals surface area contributed by atoms with Gasteiger partial charge in [-0.1, -0.05) is 15.9 Å². The molecule has 1 N–H and O–H groups in total. The number of hydrogen-bond acceptors (Lipinski definition) is 2. The topological polar surface area (TPSA) is 38.3 Å². The minimum atomic E-state index is -0.177. The fourth-order valence-electron chi connectivity index (χ4n) is 1.89. The molecule has 1 amide bonds.